The summed E-state index contributed by atoms with van der Waals surface area (Å²) >= 11 is 0. The number of urea groups is 1. The van der Waals surface area contributed by atoms with E-state index in [0.29, 0.717) is 26.2 Å². The van der Waals surface area contributed by atoms with Gasteiger partial charge in [0.25, 0.3) is 0 Å². The van der Waals surface area contributed by atoms with Crippen molar-refractivity contribution in [1.29, 1.82) is 0 Å². The molecule has 0 aliphatic carbocycles. The monoisotopic (exact) mass is 333 g/mol. The Labute approximate surface area is 143 Å². The van der Waals surface area contributed by atoms with Crippen molar-refractivity contribution in [2.24, 2.45) is 5.92 Å². The number of amides is 3. The van der Waals surface area contributed by atoms with E-state index in [2.05, 4.69) is 10.6 Å². The third-order valence-corrected chi connectivity index (χ3v) is 4.16. The van der Waals surface area contributed by atoms with Crippen LogP contribution >= 0.6 is 0 Å². The molecule has 1 atom stereocenters. The molecule has 0 spiro atoms. The molecule has 0 saturated carbocycles. The lowest BCUT2D eigenvalue weighted by atomic mass is 9.97. The molecule has 1 aliphatic heterocycles. The zero-order valence-corrected chi connectivity index (χ0v) is 14.7. The Balaban J connectivity index is 1.96. The molecule has 3 amide bonds. The second-order valence-corrected chi connectivity index (χ2v) is 6.02. The quantitative estimate of drug-likeness (QED) is 0.870. The molecule has 1 saturated heterocycles. The second-order valence-electron chi connectivity index (χ2n) is 6.02. The van der Waals surface area contributed by atoms with Gasteiger partial charge in [-0.15, -0.1) is 0 Å². The molecule has 132 valence electrons. The Kier molecular flexibility index (Phi) is 6.46. The largest absolute Gasteiger partial charge is 0.494 e. The number of nitrogens with one attached hydrogen (secondary N) is 2. The number of piperidine rings is 1. The summed E-state index contributed by atoms with van der Waals surface area (Å²) in [6.07, 6.45) is 1.68. The first-order chi connectivity index (χ1) is 11.5. The Morgan fingerprint density at radius 2 is 2.12 bits per heavy atom. The van der Waals surface area contributed by atoms with Crippen LogP contribution in [0.3, 0.4) is 0 Å². The average molecular weight is 333 g/mol. The van der Waals surface area contributed by atoms with Crippen molar-refractivity contribution in [2.75, 3.05) is 31.6 Å². The van der Waals surface area contributed by atoms with E-state index in [4.69, 9.17) is 4.74 Å². The molecular formula is C18H27N3O3. The number of nitrogens with zero attached hydrogens (tertiary/aromatic N) is 1. The highest BCUT2D eigenvalue weighted by molar-refractivity contribution is 5.90. The first-order valence-electron chi connectivity index (χ1n) is 8.62. The minimum Gasteiger partial charge on any atom is -0.494 e. The topological polar surface area (TPSA) is 70.7 Å². The van der Waals surface area contributed by atoms with Crippen LogP contribution in [0.15, 0.2) is 18.2 Å². The third-order valence-electron chi connectivity index (χ3n) is 4.16. The van der Waals surface area contributed by atoms with Gasteiger partial charge in [0, 0.05) is 25.3 Å². The molecule has 0 bridgehead atoms. The van der Waals surface area contributed by atoms with Gasteiger partial charge in [-0.2, -0.15) is 0 Å². The van der Waals surface area contributed by atoms with Gasteiger partial charge < -0.3 is 20.3 Å². The first kappa shape index (κ1) is 18.1. The Bertz CT molecular complexity index is 589. The van der Waals surface area contributed by atoms with Crippen molar-refractivity contribution in [3.63, 3.8) is 0 Å². The minimum absolute atomic E-state index is 0.0342. The van der Waals surface area contributed by atoms with Gasteiger partial charge in [-0.3, -0.25) is 4.79 Å². The maximum Gasteiger partial charge on any atom is 0.321 e. The highest BCUT2D eigenvalue weighted by atomic mass is 16.5. The minimum atomic E-state index is -0.160. The lowest BCUT2D eigenvalue weighted by molar-refractivity contribution is -0.126. The summed E-state index contributed by atoms with van der Waals surface area (Å²) in [5.41, 5.74) is 1.72. The van der Waals surface area contributed by atoms with E-state index in [1.807, 2.05) is 39.0 Å². The van der Waals surface area contributed by atoms with E-state index in [1.165, 1.54) is 0 Å². The molecule has 6 heteroatoms. The number of ether oxygens (including phenoxy) is 1. The van der Waals surface area contributed by atoms with Crippen LogP contribution in [0.25, 0.3) is 0 Å². The molecule has 6 nitrogen and oxygen atoms in total. The number of hydrogen-bond donors (Lipinski definition) is 2. The van der Waals surface area contributed by atoms with Gasteiger partial charge in [0.05, 0.1) is 12.5 Å². The van der Waals surface area contributed by atoms with E-state index in [9.17, 15) is 9.59 Å². The molecule has 1 aliphatic rings. The van der Waals surface area contributed by atoms with Gasteiger partial charge in [0.2, 0.25) is 5.91 Å². The summed E-state index contributed by atoms with van der Waals surface area (Å²) in [7, 11) is 0. The molecule has 1 unspecified atom stereocenters. The van der Waals surface area contributed by atoms with Crippen molar-refractivity contribution >= 4 is 17.6 Å². The fourth-order valence-corrected chi connectivity index (χ4v) is 2.94. The highest BCUT2D eigenvalue weighted by Gasteiger charge is 2.28. The summed E-state index contributed by atoms with van der Waals surface area (Å²) in [6, 6.07) is 5.43. The summed E-state index contributed by atoms with van der Waals surface area (Å²) < 4.78 is 5.51. The molecule has 1 aromatic rings. The zero-order chi connectivity index (χ0) is 17.5. The van der Waals surface area contributed by atoms with Gasteiger partial charge >= 0.3 is 6.03 Å². The lowest BCUT2D eigenvalue weighted by Crippen LogP contribution is -2.46. The number of rotatable bonds is 5. The summed E-state index contributed by atoms with van der Waals surface area (Å²) in [6.45, 7) is 8.17. The molecule has 2 N–H and O–H groups in total. The molecule has 0 radical (unpaired) electrons. The highest BCUT2D eigenvalue weighted by Crippen LogP contribution is 2.23. The average Bonchev–Trinajstić information content (AvgIpc) is 2.58. The van der Waals surface area contributed by atoms with E-state index in [0.717, 1.165) is 29.8 Å². The molecule has 1 heterocycles. The van der Waals surface area contributed by atoms with E-state index < -0.39 is 0 Å². The molecule has 1 aromatic carbocycles. The zero-order valence-electron chi connectivity index (χ0n) is 14.7. The van der Waals surface area contributed by atoms with E-state index >= 15 is 0 Å². The SMILES string of the molecule is CCNC(=O)C1CCCN(C(=O)Nc2ccc(OCC)c(C)c2)C1. The molecule has 24 heavy (non-hydrogen) atoms. The number of anilines is 1. The fourth-order valence-electron chi connectivity index (χ4n) is 2.94. The number of hydrogen-bond acceptors (Lipinski definition) is 3. The lowest BCUT2D eigenvalue weighted by Gasteiger charge is -2.32. The predicted octanol–water partition coefficient (Wildman–Crippen LogP) is 2.77. The number of carbonyl (C=O) groups excluding carboxylic acids is 2. The Morgan fingerprint density at radius 1 is 1.33 bits per heavy atom. The van der Waals surface area contributed by atoms with Crippen LogP contribution in [0.5, 0.6) is 5.75 Å². The van der Waals surface area contributed by atoms with Crippen molar-refractivity contribution in [3.8, 4) is 5.75 Å². The standard InChI is InChI=1S/C18H27N3O3/c1-4-19-17(22)14-7-6-10-21(12-14)18(23)20-15-8-9-16(24-5-2)13(3)11-15/h8-9,11,14H,4-7,10,12H2,1-3H3,(H,19,22)(H,20,23). The van der Waals surface area contributed by atoms with Gasteiger partial charge in [0.15, 0.2) is 0 Å². The van der Waals surface area contributed by atoms with E-state index in [1.54, 1.807) is 4.90 Å². The predicted molar refractivity (Wildman–Crippen MR) is 94.3 cm³/mol. The van der Waals surface area contributed by atoms with Crippen molar-refractivity contribution in [2.45, 2.75) is 33.6 Å². The normalized spacial score (nSPS) is 17.3. The van der Waals surface area contributed by atoms with Gasteiger partial charge in [0.1, 0.15) is 5.75 Å². The second kappa shape index (κ2) is 8.57. The number of likely N-dealkylation sites (tertiary alicyclic amines) is 1. The van der Waals surface area contributed by atoms with Crippen LogP contribution in [-0.2, 0) is 4.79 Å². The van der Waals surface area contributed by atoms with Gasteiger partial charge in [-0.25, -0.2) is 4.79 Å². The van der Waals surface area contributed by atoms with Crippen molar-refractivity contribution < 1.29 is 14.3 Å². The fraction of sp³-hybridized carbons (Fsp3) is 0.556. The van der Waals surface area contributed by atoms with Crippen LogP contribution in [-0.4, -0.2) is 43.1 Å². The maximum atomic E-state index is 12.5. The van der Waals surface area contributed by atoms with Crippen molar-refractivity contribution in [3.05, 3.63) is 23.8 Å². The summed E-state index contributed by atoms with van der Waals surface area (Å²) in [5, 5.41) is 5.75. The first-order valence-corrected chi connectivity index (χ1v) is 8.62. The van der Waals surface area contributed by atoms with E-state index in [-0.39, 0.29) is 17.9 Å². The number of benzene rings is 1. The van der Waals surface area contributed by atoms with Crippen LogP contribution < -0.4 is 15.4 Å². The summed E-state index contributed by atoms with van der Waals surface area (Å²) in [5.74, 6) is 0.739. The van der Waals surface area contributed by atoms with Crippen LogP contribution in [0.1, 0.15) is 32.3 Å². The Morgan fingerprint density at radius 3 is 2.79 bits per heavy atom. The molecule has 0 aromatic heterocycles. The smallest absolute Gasteiger partial charge is 0.321 e. The summed E-state index contributed by atoms with van der Waals surface area (Å²) in [4.78, 5) is 26.2. The molecule has 1 fully saturated rings. The number of carbonyl (C=O) groups is 2. The van der Waals surface area contributed by atoms with Crippen LogP contribution in [0.2, 0.25) is 0 Å². The van der Waals surface area contributed by atoms with Crippen LogP contribution in [0.4, 0.5) is 10.5 Å². The molecular weight excluding hydrogens is 306 g/mol. The van der Waals surface area contributed by atoms with Gasteiger partial charge in [-0.05, 0) is 57.4 Å². The number of aryl methyl sites for hydroxylation is 1. The maximum absolute atomic E-state index is 12.5. The van der Waals surface area contributed by atoms with Crippen molar-refractivity contribution in [1.82, 2.24) is 10.2 Å². The Hall–Kier alpha value is -2.24. The third kappa shape index (κ3) is 4.63. The molecule has 2 rings (SSSR count). The van der Waals surface area contributed by atoms with Gasteiger partial charge in [-0.1, -0.05) is 0 Å². The van der Waals surface area contributed by atoms with Crippen LogP contribution in [0, 0.1) is 12.8 Å².